The lowest BCUT2D eigenvalue weighted by atomic mass is 10.00. The standard InChI is InChI=1S/C18H22N4O2/c1-2-22-16(20-17(21-22)12-7-9-24-10-8-12)11-15-13-5-3-4-6-14(13)18(23)19-15/h3-6,12,15H,2,7-11H2,1H3,(H,19,23). The number of aromatic nitrogens is 3. The number of ether oxygens (including phenoxy) is 1. The van der Waals surface area contributed by atoms with Gasteiger partial charge in [0, 0.05) is 37.7 Å². The third-order valence-corrected chi connectivity index (χ3v) is 4.92. The van der Waals surface area contributed by atoms with E-state index in [4.69, 9.17) is 14.8 Å². The number of aryl methyl sites for hydroxylation is 1. The van der Waals surface area contributed by atoms with E-state index in [0.717, 1.165) is 55.4 Å². The molecule has 0 radical (unpaired) electrons. The first-order chi connectivity index (χ1) is 11.8. The number of nitrogens with one attached hydrogen (secondary N) is 1. The van der Waals surface area contributed by atoms with Crippen LogP contribution in [-0.2, 0) is 17.7 Å². The molecule has 1 atom stereocenters. The molecule has 6 nitrogen and oxygen atoms in total. The second kappa shape index (κ2) is 6.36. The van der Waals surface area contributed by atoms with Crippen molar-refractivity contribution >= 4 is 5.91 Å². The van der Waals surface area contributed by atoms with Crippen LogP contribution >= 0.6 is 0 Å². The maximum atomic E-state index is 12.1. The van der Waals surface area contributed by atoms with Gasteiger partial charge in [0.25, 0.3) is 5.91 Å². The van der Waals surface area contributed by atoms with Crippen molar-refractivity contribution < 1.29 is 9.53 Å². The Balaban J connectivity index is 1.58. The lowest BCUT2D eigenvalue weighted by Crippen LogP contribution is -2.22. The molecule has 0 spiro atoms. The second-order valence-corrected chi connectivity index (χ2v) is 6.41. The number of carbonyl (C=O) groups excluding carboxylic acids is 1. The minimum absolute atomic E-state index is 0.00261. The van der Waals surface area contributed by atoms with Crippen LogP contribution in [0.3, 0.4) is 0 Å². The van der Waals surface area contributed by atoms with E-state index in [9.17, 15) is 4.79 Å². The van der Waals surface area contributed by atoms with Crippen LogP contribution in [-0.4, -0.2) is 33.9 Å². The number of fused-ring (bicyclic) bond motifs is 1. The van der Waals surface area contributed by atoms with E-state index in [1.54, 1.807) is 0 Å². The summed E-state index contributed by atoms with van der Waals surface area (Å²) in [7, 11) is 0. The smallest absolute Gasteiger partial charge is 0.252 e. The molecule has 2 aromatic rings. The van der Waals surface area contributed by atoms with E-state index in [-0.39, 0.29) is 11.9 Å². The molecule has 2 aliphatic rings. The summed E-state index contributed by atoms with van der Waals surface area (Å²) in [4.78, 5) is 16.9. The lowest BCUT2D eigenvalue weighted by molar-refractivity contribution is 0.0835. The molecule has 3 heterocycles. The van der Waals surface area contributed by atoms with Crippen molar-refractivity contribution in [3.63, 3.8) is 0 Å². The van der Waals surface area contributed by atoms with E-state index in [1.165, 1.54) is 0 Å². The fraction of sp³-hybridized carbons (Fsp3) is 0.500. The SMILES string of the molecule is CCn1nc(C2CCOCC2)nc1CC1NC(=O)c2ccccc21. The van der Waals surface area contributed by atoms with Crippen molar-refractivity contribution in [2.24, 2.45) is 0 Å². The first-order valence-electron chi connectivity index (χ1n) is 8.67. The maximum Gasteiger partial charge on any atom is 0.252 e. The zero-order chi connectivity index (χ0) is 16.5. The number of hydrogen-bond acceptors (Lipinski definition) is 4. The van der Waals surface area contributed by atoms with Crippen LogP contribution in [0.2, 0.25) is 0 Å². The summed E-state index contributed by atoms with van der Waals surface area (Å²) in [6.07, 6.45) is 2.64. The molecule has 1 aromatic carbocycles. The van der Waals surface area contributed by atoms with Crippen molar-refractivity contribution in [3.8, 4) is 0 Å². The van der Waals surface area contributed by atoms with Gasteiger partial charge in [-0.2, -0.15) is 5.10 Å². The van der Waals surface area contributed by atoms with Gasteiger partial charge in [-0.1, -0.05) is 18.2 Å². The monoisotopic (exact) mass is 326 g/mol. The Kier molecular flexibility index (Phi) is 4.06. The number of hydrogen-bond donors (Lipinski definition) is 1. The Labute approximate surface area is 141 Å². The molecule has 6 heteroatoms. The van der Waals surface area contributed by atoms with E-state index in [2.05, 4.69) is 12.2 Å². The Morgan fingerprint density at radius 2 is 2.08 bits per heavy atom. The predicted molar refractivity (Wildman–Crippen MR) is 88.8 cm³/mol. The third kappa shape index (κ3) is 2.71. The molecule has 2 aliphatic heterocycles. The van der Waals surface area contributed by atoms with Crippen LogP contribution < -0.4 is 5.32 Å². The molecular weight excluding hydrogens is 304 g/mol. The number of nitrogens with zero attached hydrogens (tertiary/aromatic N) is 3. The zero-order valence-corrected chi connectivity index (χ0v) is 13.9. The summed E-state index contributed by atoms with van der Waals surface area (Å²) in [6.45, 7) is 4.43. The zero-order valence-electron chi connectivity index (χ0n) is 13.9. The summed E-state index contributed by atoms with van der Waals surface area (Å²) in [5, 5.41) is 7.77. The van der Waals surface area contributed by atoms with Crippen molar-refractivity contribution in [1.82, 2.24) is 20.1 Å². The maximum absolute atomic E-state index is 12.1. The highest BCUT2D eigenvalue weighted by Crippen LogP contribution is 2.29. The van der Waals surface area contributed by atoms with Gasteiger partial charge in [0.15, 0.2) is 5.82 Å². The van der Waals surface area contributed by atoms with Gasteiger partial charge in [-0.3, -0.25) is 4.79 Å². The molecule has 0 bridgehead atoms. The average Bonchev–Trinajstić information content (AvgIpc) is 3.18. The molecule has 4 rings (SSSR count). The largest absolute Gasteiger partial charge is 0.381 e. The van der Waals surface area contributed by atoms with Gasteiger partial charge >= 0.3 is 0 Å². The Morgan fingerprint density at radius 1 is 1.29 bits per heavy atom. The van der Waals surface area contributed by atoms with Crippen LogP contribution in [0.4, 0.5) is 0 Å². The first kappa shape index (κ1) is 15.3. The molecule has 126 valence electrons. The Hall–Kier alpha value is -2.21. The van der Waals surface area contributed by atoms with Gasteiger partial charge in [-0.15, -0.1) is 0 Å². The van der Waals surface area contributed by atoms with Crippen LogP contribution in [0.1, 0.15) is 59.3 Å². The van der Waals surface area contributed by atoms with Gasteiger partial charge in [0.05, 0.1) is 6.04 Å². The van der Waals surface area contributed by atoms with Gasteiger partial charge < -0.3 is 10.1 Å². The molecule has 1 amide bonds. The lowest BCUT2D eigenvalue weighted by Gasteiger charge is -2.18. The quantitative estimate of drug-likeness (QED) is 0.935. The molecule has 1 aromatic heterocycles. The van der Waals surface area contributed by atoms with Gasteiger partial charge in [-0.05, 0) is 31.4 Å². The average molecular weight is 326 g/mol. The summed E-state index contributed by atoms with van der Waals surface area (Å²) in [5.41, 5.74) is 1.83. The first-order valence-corrected chi connectivity index (χ1v) is 8.67. The number of carbonyl (C=O) groups is 1. The van der Waals surface area contributed by atoms with Gasteiger partial charge in [0.1, 0.15) is 5.82 Å². The van der Waals surface area contributed by atoms with E-state index in [0.29, 0.717) is 12.3 Å². The molecule has 0 saturated carbocycles. The fourth-order valence-electron chi connectivity index (χ4n) is 3.59. The van der Waals surface area contributed by atoms with E-state index < -0.39 is 0 Å². The third-order valence-electron chi connectivity index (χ3n) is 4.92. The molecule has 1 fully saturated rings. The summed E-state index contributed by atoms with van der Waals surface area (Å²) in [5.74, 6) is 2.26. The van der Waals surface area contributed by atoms with E-state index >= 15 is 0 Å². The molecule has 1 saturated heterocycles. The highest BCUT2D eigenvalue weighted by Gasteiger charge is 2.30. The molecule has 1 unspecified atom stereocenters. The minimum atomic E-state index is -0.0225. The van der Waals surface area contributed by atoms with Gasteiger partial charge in [0.2, 0.25) is 0 Å². The highest BCUT2D eigenvalue weighted by atomic mass is 16.5. The number of benzene rings is 1. The number of amides is 1. The summed E-state index contributed by atoms with van der Waals surface area (Å²) >= 11 is 0. The van der Waals surface area contributed by atoms with Crippen LogP contribution in [0, 0.1) is 0 Å². The highest BCUT2D eigenvalue weighted by molar-refractivity contribution is 5.99. The topological polar surface area (TPSA) is 69.0 Å². The van der Waals surface area contributed by atoms with E-state index in [1.807, 2.05) is 28.9 Å². The molecule has 1 N–H and O–H groups in total. The molecule has 0 aliphatic carbocycles. The second-order valence-electron chi connectivity index (χ2n) is 6.41. The minimum Gasteiger partial charge on any atom is -0.381 e. The number of rotatable bonds is 4. The predicted octanol–water partition coefficient (Wildman–Crippen LogP) is 2.22. The fourth-order valence-corrected chi connectivity index (χ4v) is 3.59. The van der Waals surface area contributed by atoms with Crippen molar-refractivity contribution in [2.75, 3.05) is 13.2 Å². The van der Waals surface area contributed by atoms with Crippen LogP contribution in [0.15, 0.2) is 24.3 Å². The Bertz CT molecular complexity index is 749. The van der Waals surface area contributed by atoms with Crippen molar-refractivity contribution in [1.29, 1.82) is 0 Å². The van der Waals surface area contributed by atoms with Crippen LogP contribution in [0.25, 0.3) is 0 Å². The normalized spacial score (nSPS) is 20.9. The van der Waals surface area contributed by atoms with Crippen LogP contribution in [0.5, 0.6) is 0 Å². The molecule has 24 heavy (non-hydrogen) atoms. The Morgan fingerprint density at radius 3 is 2.88 bits per heavy atom. The molecular formula is C18H22N4O2. The summed E-state index contributed by atoms with van der Waals surface area (Å²) < 4.78 is 7.40. The summed E-state index contributed by atoms with van der Waals surface area (Å²) in [6, 6.07) is 7.75. The van der Waals surface area contributed by atoms with Crippen molar-refractivity contribution in [2.45, 2.75) is 44.7 Å². The van der Waals surface area contributed by atoms with Gasteiger partial charge in [-0.25, -0.2) is 9.67 Å². The van der Waals surface area contributed by atoms with Crippen molar-refractivity contribution in [3.05, 3.63) is 47.0 Å².